The first-order chi connectivity index (χ1) is 13.4. The summed E-state index contributed by atoms with van der Waals surface area (Å²) in [7, 11) is 6.41. The van der Waals surface area contributed by atoms with Crippen LogP contribution in [0.2, 0.25) is 5.02 Å². The third-order valence-corrected chi connectivity index (χ3v) is 4.42. The van der Waals surface area contributed by atoms with Crippen molar-refractivity contribution in [1.82, 2.24) is 5.32 Å². The standard InChI is InChI=1S/C21H28ClNO5/c1-13(2)28-21-19(26-5)7-14(8-20(21)27-6)11-23-12-15-9-17(24-3)18(25-4)10-16(15)22/h7-10,13,23H,11-12H2,1-6H3. The molecule has 0 bridgehead atoms. The molecule has 0 amide bonds. The number of ether oxygens (including phenoxy) is 5. The van der Waals surface area contributed by atoms with Gasteiger partial charge in [0.25, 0.3) is 0 Å². The van der Waals surface area contributed by atoms with Crippen LogP contribution in [0.4, 0.5) is 0 Å². The van der Waals surface area contributed by atoms with Crippen LogP contribution in [0.5, 0.6) is 28.7 Å². The normalized spacial score (nSPS) is 10.7. The van der Waals surface area contributed by atoms with Gasteiger partial charge in [0, 0.05) is 24.2 Å². The molecule has 6 nitrogen and oxygen atoms in total. The van der Waals surface area contributed by atoms with Gasteiger partial charge in [-0.1, -0.05) is 11.6 Å². The molecule has 2 aromatic carbocycles. The maximum absolute atomic E-state index is 6.35. The number of halogens is 1. The molecule has 0 aromatic heterocycles. The largest absolute Gasteiger partial charge is 0.493 e. The van der Waals surface area contributed by atoms with Crippen LogP contribution >= 0.6 is 11.6 Å². The first-order valence-corrected chi connectivity index (χ1v) is 9.33. The van der Waals surface area contributed by atoms with E-state index in [1.54, 1.807) is 34.5 Å². The van der Waals surface area contributed by atoms with Gasteiger partial charge in [0.1, 0.15) is 0 Å². The van der Waals surface area contributed by atoms with Crippen LogP contribution < -0.4 is 29.0 Å². The topological polar surface area (TPSA) is 58.2 Å². The predicted octanol–water partition coefficient (Wildman–Crippen LogP) is 4.45. The Kier molecular flexibility index (Phi) is 8.08. The van der Waals surface area contributed by atoms with Gasteiger partial charge in [-0.3, -0.25) is 0 Å². The highest BCUT2D eigenvalue weighted by molar-refractivity contribution is 6.31. The molecule has 0 radical (unpaired) electrons. The van der Waals surface area contributed by atoms with E-state index >= 15 is 0 Å². The van der Waals surface area contributed by atoms with Crippen molar-refractivity contribution in [3.8, 4) is 28.7 Å². The lowest BCUT2D eigenvalue weighted by Crippen LogP contribution is -2.14. The minimum Gasteiger partial charge on any atom is -0.493 e. The third-order valence-electron chi connectivity index (χ3n) is 4.07. The molecule has 7 heteroatoms. The van der Waals surface area contributed by atoms with Crippen molar-refractivity contribution in [3.05, 3.63) is 40.4 Å². The van der Waals surface area contributed by atoms with Crippen molar-refractivity contribution < 1.29 is 23.7 Å². The highest BCUT2D eigenvalue weighted by Gasteiger charge is 2.16. The van der Waals surface area contributed by atoms with Gasteiger partial charge in [0.2, 0.25) is 5.75 Å². The third kappa shape index (κ3) is 5.36. The van der Waals surface area contributed by atoms with E-state index < -0.39 is 0 Å². The van der Waals surface area contributed by atoms with Crippen LogP contribution in [0.3, 0.4) is 0 Å². The fourth-order valence-electron chi connectivity index (χ4n) is 2.76. The molecular weight excluding hydrogens is 382 g/mol. The van der Waals surface area contributed by atoms with Gasteiger partial charge in [-0.2, -0.15) is 0 Å². The summed E-state index contributed by atoms with van der Waals surface area (Å²) in [6, 6.07) is 7.49. The van der Waals surface area contributed by atoms with Crippen LogP contribution in [0.25, 0.3) is 0 Å². The van der Waals surface area contributed by atoms with E-state index in [2.05, 4.69) is 5.32 Å². The average molecular weight is 410 g/mol. The highest BCUT2D eigenvalue weighted by Crippen LogP contribution is 2.39. The van der Waals surface area contributed by atoms with E-state index in [0.29, 0.717) is 46.9 Å². The van der Waals surface area contributed by atoms with Gasteiger partial charge < -0.3 is 29.0 Å². The van der Waals surface area contributed by atoms with Crippen molar-refractivity contribution in [2.45, 2.75) is 33.0 Å². The summed E-state index contributed by atoms with van der Waals surface area (Å²) in [5.41, 5.74) is 1.92. The lowest BCUT2D eigenvalue weighted by Gasteiger charge is -2.18. The second-order valence-corrected chi connectivity index (χ2v) is 6.81. The molecule has 0 aliphatic heterocycles. The Balaban J connectivity index is 2.15. The zero-order chi connectivity index (χ0) is 20.7. The maximum atomic E-state index is 6.35. The smallest absolute Gasteiger partial charge is 0.203 e. The van der Waals surface area contributed by atoms with E-state index in [4.69, 9.17) is 35.3 Å². The number of hydrogen-bond acceptors (Lipinski definition) is 6. The summed E-state index contributed by atoms with van der Waals surface area (Å²) in [5.74, 6) is 3.11. The molecule has 0 fully saturated rings. The monoisotopic (exact) mass is 409 g/mol. The summed E-state index contributed by atoms with van der Waals surface area (Å²) >= 11 is 6.35. The number of benzene rings is 2. The highest BCUT2D eigenvalue weighted by atomic mass is 35.5. The van der Waals surface area contributed by atoms with E-state index in [9.17, 15) is 0 Å². The van der Waals surface area contributed by atoms with Crippen molar-refractivity contribution in [2.24, 2.45) is 0 Å². The second-order valence-electron chi connectivity index (χ2n) is 6.40. The van der Waals surface area contributed by atoms with Gasteiger partial charge in [-0.25, -0.2) is 0 Å². The molecule has 2 rings (SSSR count). The van der Waals surface area contributed by atoms with E-state index in [1.165, 1.54) is 0 Å². The molecule has 1 N–H and O–H groups in total. The fourth-order valence-corrected chi connectivity index (χ4v) is 2.98. The lowest BCUT2D eigenvalue weighted by molar-refractivity contribution is 0.218. The van der Waals surface area contributed by atoms with Gasteiger partial charge in [0.05, 0.1) is 34.5 Å². The first-order valence-electron chi connectivity index (χ1n) is 8.96. The molecule has 0 heterocycles. The molecular formula is C21H28ClNO5. The SMILES string of the molecule is COc1cc(Cl)c(CNCc2cc(OC)c(OC(C)C)c(OC)c2)cc1OC. The van der Waals surface area contributed by atoms with Gasteiger partial charge in [0.15, 0.2) is 23.0 Å². The minimum absolute atomic E-state index is 0.0129. The first kappa shape index (κ1) is 22.0. The summed E-state index contributed by atoms with van der Waals surface area (Å²) in [6.45, 7) is 5.08. The number of nitrogens with one attached hydrogen (secondary N) is 1. The predicted molar refractivity (Wildman–Crippen MR) is 110 cm³/mol. The molecule has 2 aromatic rings. The van der Waals surface area contributed by atoms with Crippen LogP contribution in [-0.2, 0) is 13.1 Å². The van der Waals surface area contributed by atoms with E-state index in [0.717, 1.165) is 11.1 Å². The second kappa shape index (κ2) is 10.3. The molecule has 0 saturated carbocycles. The van der Waals surface area contributed by atoms with Crippen LogP contribution in [0.1, 0.15) is 25.0 Å². The number of methoxy groups -OCH3 is 4. The van der Waals surface area contributed by atoms with Crippen molar-refractivity contribution >= 4 is 11.6 Å². The fraction of sp³-hybridized carbons (Fsp3) is 0.429. The molecule has 0 saturated heterocycles. The minimum atomic E-state index is 0.0129. The van der Waals surface area contributed by atoms with Crippen molar-refractivity contribution in [1.29, 1.82) is 0 Å². The Morgan fingerprint density at radius 1 is 0.786 bits per heavy atom. The van der Waals surface area contributed by atoms with Crippen molar-refractivity contribution in [2.75, 3.05) is 28.4 Å². The van der Waals surface area contributed by atoms with Gasteiger partial charge >= 0.3 is 0 Å². The van der Waals surface area contributed by atoms with Crippen LogP contribution in [0.15, 0.2) is 24.3 Å². The van der Waals surface area contributed by atoms with Gasteiger partial charge in [-0.05, 0) is 43.2 Å². The van der Waals surface area contributed by atoms with Crippen LogP contribution in [-0.4, -0.2) is 34.5 Å². The Bertz CT molecular complexity index is 770. The Labute approximate surface area is 171 Å². The van der Waals surface area contributed by atoms with E-state index in [1.807, 2.05) is 32.0 Å². The molecule has 28 heavy (non-hydrogen) atoms. The van der Waals surface area contributed by atoms with Crippen LogP contribution in [0, 0.1) is 0 Å². The molecule has 0 unspecified atom stereocenters. The summed E-state index contributed by atoms with van der Waals surface area (Å²) in [5, 5.41) is 3.99. The zero-order valence-electron chi connectivity index (χ0n) is 17.2. The summed E-state index contributed by atoms with van der Waals surface area (Å²) in [4.78, 5) is 0. The molecule has 0 atom stereocenters. The van der Waals surface area contributed by atoms with E-state index in [-0.39, 0.29) is 6.10 Å². The van der Waals surface area contributed by atoms with Crippen molar-refractivity contribution in [3.63, 3.8) is 0 Å². The molecule has 0 aliphatic carbocycles. The molecule has 154 valence electrons. The lowest BCUT2D eigenvalue weighted by atomic mass is 10.1. The van der Waals surface area contributed by atoms with Gasteiger partial charge in [-0.15, -0.1) is 0 Å². The quantitative estimate of drug-likeness (QED) is 0.625. The Morgan fingerprint density at radius 2 is 1.32 bits per heavy atom. The maximum Gasteiger partial charge on any atom is 0.203 e. The zero-order valence-corrected chi connectivity index (χ0v) is 18.0. The number of rotatable bonds is 10. The average Bonchev–Trinajstić information content (AvgIpc) is 2.68. The Hall–Kier alpha value is -2.31. The molecule has 0 aliphatic rings. The Morgan fingerprint density at radius 3 is 1.82 bits per heavy atom. The summed E-state index contributed by atoms with van der Waals surface area (Å²) in [6.07, 6.45) is 0.0129. The summed E-state index contributed by atoms with van der Waals surface area (Å²) < 4.78 is 27.4. The molecule has 0 spiro atoms. The number of hydrogen-bond donors (Lipinski definition) is 1.